The van der Waals surface area contributed by atoms with E-state index < -0.39 is 12.0 Å². The van der Waals surface area contributed by atoms with Crippen molar-refractivity contribution in [2.24, 2.45) is 5.92 Å². The van der Waals surface area contributed by atoms with Gasteiger partial charge in [0.25, 0.3) is 0 Å². The summed E-state index contributed by atoms with van der Waals surface area (Å²) in [7, 11) is 0. The fraction of sp³-hybridized carbons (Fsp3) is 0.250. The highest BCUT2D eigenvalue weighted by Crippen LogP contribution is 2.36. The molecule has 2 aliphatic rings. The van der Waals surface area contributed by atoms with Crippen LogP contribution in [0.1, 0.15) is 22.9 Å². The van der Waals surface area contributed by atoms with E-state index in [0.717, 1.165) is 10.4 Å². The first-order chi connectivity index (χ1) is 15.6. The molecule has 5 rings (SSSR count). The number of hydrogen-bond donors (Lipinski definition) is 1. The number of halogens is 1. The summed E-state index contributed by atoms with van der Waals surface area (Å²) in [5.41, 5.74) is 1.47. The van der Waals surface area contributed by atoms with Crippen molar-refractivity contribution in [2.45, 2.75) is 12.5 Å². The van der Waals surface area contributed by atoms with Gasteiger partial charge in [0.1, 0.15) is 19.0 Å². The third-order valence-electron chi connectivity index (χ3n) is 5.65. The van der Waals surface area contributed by atoms with Crippen LogP contribution in [0.2, 0.25) is 0 Å². The summed E-state index contributed by atoms with van der Waals surface area (Å²) >= 11 is 1.51. The van der Waals surface area contributed by atoms with Gasteiger partial charge in [-0.25, -0.2) is 4.39 Å². The monoisotopic (exact) mass is 452 g/mol. The lowest BCUT2D eigenvalue weighted by atomic mass is 10.0. The van der Waals surface area contributed by atoms with Gasteiger partial charge in [-0.1, -0.05) is 18.2 Å². The summed E-state index contributed by atoms with van der Waals surface area (Å²) in [6.45, 7) is 1.24. The maximum Gasteiger partial charge on any atom is 0.227 e. The van der Waals surface area contributed by atoms with Gasteiger partial charge in [-0.15, -0.1) is 11.3 Å². The van der Waals surface area contributed by atoms with Gasteiger partial charge in [0.15, 0.2) is 11.5 Å². The molecule has 8 heteroatoms. The fourth-order valence-electron chi connectivity index (χ4n) is 4.02. The van der Waals surface area contributed by atoms with E-state index in [2.05, 4.69) is 5.32 Å². The van der Waals surface area contributed by atoms with E-state index in [4.69, 9.17) is 9.47 Å². The third kappa shape index (κ3) is 4.05. The second kappa shape index (κ2) is 8.63. The first-order valence-electron chi connectivity index (χ1n) is 10.4. The van der Waals surface area contributed by atoms with Gasteiger partial charge in [0, 0.05) is 29.6 Å². The van der Waals surface area contributed by atoms with E-state index >= 15 is 0 Å². The number of ether oxygens (including phenoxy) is 2. The molecule has 3 aromatic rings. The number of benzene rings is 2. The third-order valence-corrected chi connectivity index (χ3v) is 6.59. The molecule has 2 aliphatic heterocycles. The fourth-order valence-corrected chi connectivity index (χ4v) is 4.82. The smallest absolute Gasteiger partial charge is 0.227 e. The first-order valence-corrected chi connectivity index (χ1v) is 11.3. The molecule has 0 aliphatic carbocycles. The minimum absolute atomic E-state index is 0.115. The largest absolute Gasteiger partial charge is 0.486 e. The molecule has 0 radical (unpaired) electrons. The van der Waals surface area contributed by atoms with Crippen LogP contribution in [-0.4, -0.2) is 31.6 Å². The molecule has 0 spiro atoms. The summed E-state index contributed by atoms with van der Waals surface area (Å²) in [4.78, 5) is 28.4. The van der Waals surface area contributed by atoms with Crippen LogP contribution >= 0.6 is 11.3 Å². The molecule has 1 N–H and O–H groups in total. The van der Waals surface area contributed by atoms with Gasteiger partial charge < -0.3 is 19.7 Å². The zero-order chi connectivity index (χ0) is 22.1. The maximum atomic E-state index is 13.4. The highest BCUT2D eigenvalue weighted by Gasteiger charge is 2.36. The Labute approximate surface area is 188 Å². The van der Waals surface area contributed by atoms with Crippen LogP contribution in [-0.2, 0) is 9.59 Å². The van der Waals surface area contributed by atoms with E-state index in [1.54, 1.807) is 35.2 Å². The average molecular weight is 453 g/mol. The number of thiophene rings is 1. The second-order valence-corrected chi connectivity index (χ2v) is 8.72. The lowest BCUT2D eigenvalue weighted by Crippen LogP contribution is -2.35. The number of carbonyl (C=O) groups is 2. The lowest BCUT2D eigenvalue weighted by molar-refractivity contribution is -0.126. The van der Waals surface area contributed by atoms with Gasteiger partial charge in [-0.05, 0) is 41.3 Å². The van der Waals surface area contributed by atoms with Gasteiger partial charge >= 0.3 is 0 Å². The molecular weight excluding hydrogens is 431 g/mol. The summed E-state index contributed by atoms with van der Waals surface area (Å²) < 4.78 is 24.6. The molecule has 164 valence electrons. The topological polar surface area (TPSA) is 67.9 Å². The molecule has 32 heavy (non-hydrogen) atoms. The van der Waals surface area contributed by atoms with Crippen LogP contribution in [0.15, 0.2) is 60.0 Å². The van der Waals surface area contributed by atoms with Crippen LogP contribution in [0, 0.1) is 11.7 Å². The van der Waals surface area contributed by atoms with Crippen molar-refractivity contribution < 1.29 is 23.5 Å². The quantitative estimate of drug-likeness (QED) is 0.637. The number of fused-ring (bicyclic) bond motifs is 1. The normalized spacial score (nSPS) is 18.5. The maximum absolute atomic E-state index is 13.4. The molecule has 0 saturated carbocycles. The minimum Gasteiger partial charge on any atom is -0.486 e. The molecule has 1 fully saturated rings. The van der Waals surface area contributed by atoms with Crippen molar-refractivity contribution in [3.63, 3.8) is 0 Å². The van der Waals surface area contributed by atoms with Crippen LogP contribution in [0.25, 0.3) is 0 Å². The van der Waals surface area contributed by atoms with Crippen LogP contribution in [0.4, 0.5) is 10.1 Å². The highest BCUT2D eigenvalue weighted by molar-refractivity contribution is 7.10. The number of amides is 2. The van der Waals surface area contributed by atoms with E-state index in [1.807, 2.05) is 17.5 Å². The Morgan fingerprint density at radius 1 is 1.09 bits per heavy atom. The number of nitrogens with zero attached hydrogens (tertiary/aromatic N) is 1. The summed E-state index contributed by atoms with van der Waals surface area (Å²) in [5, 5.41) is 5.00. The zero-order valence-corrected chi connectivity index (χ0v) is 17.9. The molecule has 2 amide bonds. The van der Waals surface area contributed by atoms with Crippen molar-refractivity contribution in [2.75, 3.05) is 24.7 Å². The van der Waals surface area contributed by atoms with Crippen LogP contribution in [0.5, 0.6) is 11.5 Å². The Morgan fingerprint density at radius 3 is 2.62 bits per heavy atom. The van der Waals surface area contributed by atoms with E-state index in [0.29, 0.717) is 30.4 Å². The number of rotatable bonds is 5. The minimum atomic E-state index is -0.487. The SMILES string of the molecule is O=C(N[C@H](c1ccc(F)cc1)c1cccs1)[C@@H]1CC(=O)N(c2ccc3c(c2)OCCO3)C1. The molecule has 1 saturated heterocycles. The Bertz CT molecular complexity index is 1130. The van der Waals surface area contributed by atoms with Crippen molar-refractivity contribution in [3.05, 3.63) is 76.2 Å². The van der Waals surface area contributed by atoms with Crippen LogP contribution < -0.4 is 19.7 Å². The molecule has 2 aromatic carbocycles. The summed E-state index contributed by atoms with van der Waals surface area (Å²) in [6, 6.07) is 14.9. The predicted octanol–water partition coefficient (Wildman–Crippen LogP) is 3.92. The first kappa shape index (κ1) is 20.5. The standard InChI is InChI=1S/C24H21FN2O4S/c25-17-5-3-15(4-6-17)23(21-2-1-11-32-21)26-24(29)16-12-22(28)27(14-16)18-7-8-19-20(13-18)31-10-9-30-19/h1-8,11,13,16,23H,9-10,12,14H2,(H,26,29)/t16-,23-/m1/s1. The molecular formula is C24H21FN2O4S. The lowest BCUT2D eigenvalue weighted by Gasteiger charge is -2.23. The molecule has 0 bridgehead atoms. The van der Waals surface area contributed by atoms with E-state index in [9.17, 15) is 14.0 Å². The van der Waals surface area contributed by atoms with E-state index in [1.165, 1.54) is 23.5 Å². The average Bonchev–Trinajstić information content (AvgIpc) is 3.48. The van der Waals surface area contributed by atoms with Gasteiger partial charge in [0.2, 0.25) is 11.8 Å². The predicted molar refractivity (Wildman–Crippen MR) is 119 cm³/mol. The van der Waals surface area contributed by atoms with Crippen molar-refractivity contribution >= 4 is 28.8 Å². The van der Waals surface area contributed by atoms with Gasteiger partial charge in [0.05, 0.1) is 12.0 Å². The Kier molecular flexibility index (Phi) is 5.53. The Balaban J connectivity index is 1.33. The van der Waals surface area contributed by atoms with Gasteiger partial charge in [-0.2, -0.15) is 0 Å². The molecule has 2 atom stereocenters. The van der Waals surface area contributed by atoms with E-state index in [-0.39, 0.29) is 30.6 Å². The highest BCUT2D eigenvalue weighted by atomic mass is 32.1. The number of carbonyl (C=O) groups excluding carboxylic acids is 2. The summed E-state index contributed by atoms with van der Waals surface area (Å²) in [6.07, 6.45) is 0.126. The Morgan fingerprint density at radius 2 is 1.88 bits per heavy atom. The Hall–Kier alpha value is -3.39. The number of anilines is 1. The number of nitrogens with one attached hydrogen (secondary N) is 1. The molecule has 6 nitrogen and oxygen atoms in total. The van der Waals surface area contributed by atoms with Crippen molar-refractivity contribution in [1.82, 2.24) is 5.32 Å². The molecule has 0 unspecified atom stereocenters. The number of hydrogen-bond acceptors (Lipinski definition) is 5. The summed E-state index contributed by atoms with van der Waals surface area (Å²) in [5.74, 6) is 0.111. The second-order valence-electron chi connectivity index (χ2n) is 7.74. The van der Waals surface area contributed by atoms with Crippen LogP contribution in [0.3, 0.4) is 0 Å². The zero-order valence-electron chi connectivity index (χ0n) is 17.1. The molecule has 1 aromatic heterocycles. The van der Waals surface area contributed by atoms with Gasteiger partial charge in [-0.3, -0.25) is 9.59 Å². The van der Waals surface area contributed by atoms with Crippen molar-refractivity contribution in [3.8, 4) is 11.5 Å². The van der Waals surface area contributed by atoms with Crippen molar-refractivity contribution in [1.29, 1.82) is 0 Å². The molecule has 3 heterocycles.